The molecule has 1 rings (SSSR count). The van der Waals surface area contributed by atoms with E-state index >= 15 is 0 Å². The summed E-state index contributed by atoms with van der Waals surface area (Å²) < 4.78 is 4.85. The highest BCUT2D eigenvalue weighted by molar-refractivity contribution is 5.89. The normalized spacial score (nSPS) is 9.62. The van der Waals surface area contributed by atoms with Crippen molar-refractivity contribution in [2.45, 2.75) is 13.8 Å². The number of hydrogen-bond acceptors (Lipinski definition) is 4. The summed E-state index contributed by atoms with van der Waals surface area (Å²) in [4.78, 5) is 15.4. The number of carbonyl (C=O) groups excluding carboxylic acids is 1. The molecule has 1 N–H and O–H groups in total. The van der Waals surface area contributed by atoms with Crippen molar-refractivity contribution in [1.82, 2.24) is 4.98 Å². The molecule has 1 heterocycles. The molecule has 0 bridgehead atoms. The molecule has 0 fully saturated rings. The van der Waals surface area contributed by atoms with Gasteiger partial charge in [-0.3, -0.25) is 0 Å². The van der Waals surface area contributed by atoms with Crippen LogP contribution < -0.4 is 5.32 Å². The maximum absolute atomic E-state index is 11.3. The van der Waals surface area contributed by atoms with Gasteiger partial charge in [0.15, 0.2) is 0 Å². The molecule has 0 saturated heterocycles. The Bertz CT molecular complexity index is 371. The molecule has 0 aliphatic carbocycles. The topological polar surface area (TPSA) is 51.2 Å². The van der Waals surface area contributed by atoms with E-state index in [2.05, 4.69) is 16.9 Å². The van der Waals surface area contributed by atoms with Gasteiger partial charge in [0, 0.05) is 12.7 Å². The van der Waals surface area contributed by atoms with Gasteiger partial charge < -0.3 is 10.1 Å². The zero-order valence-corrected chi connectivity index (χ0v) is 9.62. The molecule has 0 radical (unpaired) electrons. The lowest BCUT2D eigenvalue weighted by molar-refractivity contribution is 0.0526. The van der Waals surface area contributed by atoms with Crippen LogP contribution in [0.15, 0.2) is 30.5 Å². The third kappa shape index (κ3) is 3.73. The average Bonchev–Trinajstić information content (AvgIpc) is 2.27. The Balaban J connectivity index is 2.60. The zero-order chi connectivity index (χ0) is 12.0. The number of pyridine rings is 1. The molecule has 0 unspecified atom stereocenters. The fourth-order valence-electron chi connectivity index (χ4n) is 1.08. The molecule has 0 aliphatic heterocycles. The van der Waals surface area contributed by atoms with Crippen molar-refractivity contribution in [1.29, 1.82) is 0 Å². The van der Waals surface area contributed by atoms with Gasteiger partial charge in [-0.2, -0.15) is 0 Å². The first-order valence-electron chi connectivity index (χ1n) is 5.15. The fraction of sp³-hybridized carbons (Fsp3) is 0.333. The lowest BCUT2D eigenvalue weighted by Gasteiger charge is -2.05. The number of carbonyl (C=O) groups is 1. The van der Waals surface area contributed by atoms with Gasteiger partial charge in [-0.1, -0.05) is 12.2 Å². The molecular formula is C12H16N2O2. The molecule has 16 heavy (non-hydrogen) atoms. The zero-order valence-electron chi connectivity index (χ0n) is 9.62. The lowest BCUT2D eigenvalue weighted by Crippen LogP contribution is -2.07. The molecule has 0 atom stereocenters. The Labute approximate surface area is 95.3 Å². The second kappa shape index (κ2) is 5.90. The van der Waals surface area contributed by atoms with E-state index in [1.54, 1.807) is 19.1 Å². The number of nitrogens with one attached hydrogen (secondary N) is 1. The summed E-state index contributed by atoms with van der Waals surface area (Å²) in [6, 6.07) is 3.43. The molecule has 1 aromatic heterocycles. The van der Waals surface area contributed by atoms with E-state index in [1.165, 1.54) is 6.20 Å². The molecule has 0 amide bonds. The molecular weight excluding hydrogens is 204 g/mol. The van der Waals surface area contributed by atoms with Crippen LogP contribution in [-0.4, -0.2) is 24.1 Å². The van der Waals surface area contributed by atoms with Crippen molar-refractivity contribution in [2.75, 3.05) is 18.5 Å². The molecule has 4 nitrogen and oxygen atoms in total. The van der Waals surface area contributed by atoms with Crippen LogP contribution in [0.2, 0.25) is 0 Å². The van der Waals surface area contributed by atoms with E-state index in [9.17, 15) is 4.79 Å². The van der Waals surface area contributed by atoms with E-state index < -0.39 is 0 Å². The Kier molecular flexibility index (Phi) is 4.51. The number of rotatable bonds is 5. The summed E-state index contributed by atoms with van der Waals surface area (Å²) in [6.45, 7) is 8.52. The molecule has 0 aliphatic rings. The van der Waals surface area contributed by atoms with E-state index in [-0.39, 0.29) is 5.97 Å². The third-order valence-corrected chi connectivity index (χ3v) is 1.85. The Morgan fingerprint density at radius 3 is 2.81 bits per heavy atom. The van der Waals surface area contributed by atoms with E-state index in [0.717, 1.165) is 11.4 Å². The van der Waals surface area contributed by atoms with Gasteiger partial charge in [0.05, 0.1) is 12.2 Å². The molecule has 0 aromatic carbocycles. The Hall–Kier alpha value is -1.84. The molecule has 1 aromatic rings. The molecule has 4 heteroatoms. The number of hydrogen-bond donors (Lipinski definition) is 1. The smallest absolute Gasteiger partial charge is 0.339 e. The maximum Gasteiger partial charge on any atom is 0.339 e. The monoisotopic (exact) mass is 220 g/mol. The minimum absolute atomic E-state index is 0.346. The van der Waals surface area contributed by atoms with Crippen molar-refractivity contribution >= 4 is 11.8 Å². The first kappa shape index (κ1) is 12.2. The standard InChI is InChI=1S/C12H16N2O2/c1-4-16-12(15)10-5-6-11(14-8-10)13-7-9(2)3/h5-6,8H,2,4,7H2,1,3H3,(H,13,14). The summed E-state index contributed by atoms with van der Waals surface area (Å²) in [5, 5.41) is 3.08. The van der Waals surface area contributed by atoms with Crippen LogP contribution in [0.25, 0.3) is 0 Å². The Morgan fingerprint density at radius 2 is 2.31 bits per heavy atom. The number of esters is 1. The minimum Gasteiger partial charge on any atom is -0.462 e. The lowest BCUT2D eigenvalue weighted by atomic mass is 10.3. The molecule has 0 spiro atoms. The van der Waals surface area contributed by atoms with E-state index in [1.807, 2.05) is 6.92 Å². The van der Waals surface area contributed by atoms with Crippen LogP contribution in [0.3, 0.4) is 0 Å². The number of aromatic nitrogens is 1. The maximum atomic E-state index is 11.3. The Morgan fingerprint density at radius 1 is 1.56 bits per heavy atom. The van der Waals surface area contributed by atoms with Gasteiger partial charge in [0.1, 0.15) is 5.82 Å². The predicted molar refractivity (Wildman–Crippen MR) is 63.5 cm³/mol. The van der Waals surface area contributed by atoms with Gasteiger partial charge in [0.2, 0.25) is 0 Å². The summed E-state index contributed by atoms with van der Waals surface area (Å²) in [5.41, 5.74) is 1.49. The highest BCUT2D eigenvalue weighted by Gasteiger charge is 2.05. The SMILES string of the molecule is C=C(C)CNc1ccc(C(=O)OCC)cn1. The second-order valence-electron chi connectivity index (χ2n) is 3.46. The number of nitrogens with zero attached hydrogens (tertiary/aromatic N) is 1. The average molecular weight is 220 g/mol. The van der Waals surface area contributed by atoms with Gasteiger partial charge in [0.25, 0.3) is 0 Å². The summed E-state index contributed by atoms with van der Waals surface area (Å²) >= 11 is 0. The fourth-order valence-corrected chi connectivity index (χ4v) is 1.08. The van der Waals surface area contributed by atoms with Crippen LogP contribution in [-0.2, 0) is 4.74 Å². The highest BCUT2D eigenvalue weighted by Crippen LogP contribution is 2.06. The van der Waals surface area contributed by atoms with Gasteiger partial charge >= 0.3 is 5.97 Å². The van der Waals surface area contributed by atoms with Crippen LogP contribution in [0.5, 0.6) is 0 Å². The van der Waals surface area contributed by atoms with Crippen molar-refractivity contribution < 1.29 is 9.53 Å². The van der Waals surface area contributed by atoms with Gasteiger partial charge in [-0.05, 0) is 26.0 Å². The van der Waals surface area contributed by atoms with Crippen LogP contribution in [0.1, 0.15) is 24.2 Å². The van der Waals surface area contributed by atoms with Gasteiger partial charge in [-0.15, -0.1) is 0 Å². The molecule has 86 valence electrons. The number of anilines is 1. The summed E-state index contributed by atoms with van der Waals surface area (Å²) in [6.07, 6.45) is 1.50. The van der Waals surface area contributed by atoms with Crippen LogP contribution in [0, 0.1) is 0 Å². The van der Waals surface area contributed by atoms with Gasteiger partial charge in [-0.25, -0.2) is 9.78 Å². The highest BCUT2D eigenvalue weighted by atomic mass is 16.5. The first-order chi connectivity index (χ1) is 7.63. The van der Waals surface area contributed by atoms with Crippen molar-refractivity contribution in [3.63, 3.8) is 0 Å². The predicted octanol–water partition coefficient (Wildman–Crippen LogP) is 2.25. The van der Waals surface area contributed by atoms with Crippen molar-refractivity contribution in [3.05, 3.63) is 36.0 Å². The van der Waals surface area contributed by atoms with Crippen molar-refractivity contribution in [3.8, 4) is 0 Å². The van der Waals surface area contributed by atoms with Crippen molar-refractivity contribution in [2.24, 2.45) is 0 Å². The van der Waals surface area contributed by atoms with E-state index in [4.69, 9.17) is 4.74 Å². The first-order valence-corrected chi connectivity index (χ1v) is 5.15. The summed E-state index contributed by atoms with van der Waals surface area (Å²) in [5.74, 6) is 0.373. The second-order valence-corrected chi connectivity index (χ2v) is 3.46. The quantitative estimate of drug-likeness (QED) is 0.610. The largest absolute Gasteiger partial charge is 0.462 e. The molecule has 0 saturated carbocycles. The summed E-state index contributed by atoms with van der Waals surface area (Å²) in [7, 11) is 0. The third-order valence-electron chi connectivity index (χ3n) is 1.85. The number of ether oxygens (including phenoxy) is 1. The minimum atomic E-state index is -0.346. The van der Waals surface area contributed by atoms with Crippen LogP contribution in [0.4, 0.5) is 5.82 Å². The van der Waals surface area contributed by atoms with Crippen LogP contribution >= 0.6 is 0 Å². The van der Waals surface area contributed by atoms with E-state index in [0.29, 0.717) is 18.7 Å².